The van der Waals surface area contributed by atoms with Gasteiger partial charge in [0.1, 0.15) is 9.83 Å². The lowest BCUT2D eigenvalue weighted by Gasteiger charge is -2.09. The highest BCUT2D eigenvalue weighted by atomic mass is 32.1. The van der Waals surface area contributed by atoms with Gasteiger partial charge in [-0.05, 0) is 31.5 Å². The first-order chi connectivity index (χ1) is 13.6. The highest BCUT2D eigenvalue weighted by Gasteiger charge is 2.22. The van der Waals surface area contributed by atoms with Crippen molar-refractivity contribution >= 4 is 43.7 Å². The van der Waals surface area contributed by atoms with Gasteiger partial charge < -0.3 is 5.73 Å². The van der Waals surface area contributed by atoms with E-state index in [-0.39, 0.29) is 5.78 Å². The minimum absolute atomic E-state index is 0.0953. The van der Waals surface area contributed by atoms with E-state index < -0.39 is 0 Å². The average molecular weight is 386 g/mol. The summed E-state index contributed by atoms with van der Waals surface area (Å²) in [5.74, 6) is -0.0953. The number of thiophene rings is 1. The van der Waals surface area contributed by atoms with Crippen LogP contribution in [0.3, 0.4) is 0 Å². The Labute approximate surface area is 166 Å². The zero-order valence-corrected chi connectivity index (χ0v) is 16.3. The Hall–Kier alpha value is -3.38. The van der Waals surface area contributed by atoms with Crippen LogP contribution in [0.1, 0.15) is 23.0 Å². The normalized spacial score (nSPS) is 11.4. The van der Waals surface area contributed by atoms with E-state index in [1.54, 1.807) is 6.92 Å². The predicted octanol–water partition coefficient (Wildman–Crippen LogP) is 6.47. The molecule has 0 amide bonds. The highest BCUT2D eigenvalue weighted by molar-refractivity contribution is 7.23. The predicted molar refractivity (Wildman–Crippen MR) is 115 cm³/mol. The number of carbonyl (C=O) groups is 1. The molecule has 0 aliphatic heterocycles. The van der Waals surface area contributed by atoms with Gasteiger partial charge in [-0.25, -0.2) is 4.98 Å². The molecule has 0 radical (unpaired) electrons. The standard InChI is InChI=1S/C22H18N4OS/c1-13-17(14(2)27)20(23)19-18(15-9-5-3-6-10-15)22(28-21(19)24-13)26-25-16-11-7-4-8-12-16/h3-12H,1-2H3,(H2,23,24). The Morgan fingerprint density at radius 3 is 2.29 bits per heavy atom. The van der Waals surface area contributed by atoms with Gasteiger partial charge in [-0.1, -0.05) is 59.9 Å². The molecule has 0 aliphatic carbocycles. The minimum atomic E-state index is -0.0953. The number of hydrogen-bond donors (Lipinski definition) is 1. The molecule has 4 aromatic rings. The molecule has 2 aromatic heterocycles. The zero-order chi connectivity index (χ0) is 19.7. The number of azo groups is 1. The van der Waals surface area contributed by atoms with E-state index in [1.165, 1.54) is 18.3 Å². The summed E-state index contributed by atoms with van der Waals surface area (Å²) in [6.45, 7) is 3.32. The summed E-state index contributed by atoms with van der Waals surface area (Å²) in [5, 5.41) is 10.3. The summed E-state index contributed by atoms with van der Waals surface area (Å²) in [7, 11) is 0. The maximum Gasteiger partial charge on any atom is 0.163 e. The molecule has 0 spiro atoms. The van der Waals surface area contributed by atoms with E-state index in [9.17, 15) is 4.79 Å². The van der Waals surface area contributed by atoms with Crippen molar-refractivity contribution < 1.29 is 4.79 Å². The van der Waals surface area contributed by atoms with Crippen LogP contribution in [0.2, 0.25) is 0 Å². The number of carbonyl (C=O) groups excluding carboxylic acids is 1. The number of hydrogen-bond acceptors (Lipinski definition) is 6. The van der Waals surface area contributed by atoms with Gasteiger partial charge in [0.25, 0.3) is 0 Å². The SMILES string of the molecule is CC(=O)c1c(C)nc2sc(N=Nc3ccccc3)c(-c3ccccc3)c2c1N. The molecular weight excluding hydrogens is 368 g/mol. The average Bonchev–Trinajstić information content (AvgIpc) is 3.06. The summed E-state index contributed by atoms with van der Waals surface area (Å²) in [6, 6.07) is 19.4. The number of benzene rings is 2. The first kappa shape index (κ1) is 18.0. The van der Waals surface area contributed by atoms with Crippen molar-refractivity contribution in [3.8, 4) is 11.1 Å². The maximum atomic E-state index is 12.1. The van der Waals surface area contributed by atoms with E-state index in [0.717, 1.165) is 27.0 Å². The number of pyridine rings is 1. The molecule has 6 heteroatoms. The van der Waals surface area contributed by atoms with Crippen molar-refractivity contribution in [2.45, 2.75) is 13.8 Å². The summed E-state index contributed by atoms with van der Waals surface area (Å²) in [6.07, 6.45) is 0. The van der Waals surface area contributed by atoms with Crippen LogP contribution in [-0.2, 0) is 0 Å². The quantitative estimate of drug-likeness (QED) is 0.322. The van der Waals surface area contributed by atoms with Gasteiger partial charge >= 0.3 is 0 Å². The van der Waals surface area contributed by atoms with Crippen LogP contribution in [0.5, 0.6) is 0 Å². The number of fused-ring (bicyclic) bond motifs is 1. The van der Waals surface area contributed by atoms with Crippen LogP contribution in [0, 0.1) is 6.92 Å². The largest absolute Gasteiger partial charge is 0.397 e. The molecular formula is C22H18N4OS. The monoisotopic (exact) mass is 386 g/mol. The van der Waals surface area contributed by atoms with E-state index >= 15 is 0 Å². The fourth-order valence-corrected chi connectivity index (χ4v) is 4.33. The van der Waals surface area contributed by atoms with Crippen molar-refractivity contribution in [3.05, 3.63) is 71.9 Å². The molecule has 0 fully saturated rings. The number of Topliss-reactive ketones (excluding diaryl/α,β-unsaturated/α-hetero) is 1. The number of nitrogens with zero attached hydrogens (tertiary/aromatic N) is 3. The number of aromatic nitrogens is 1. The highest BCUT2D eigenvalue weighted by Crippen LogP contribution is 2.47. The number of ketones is 1. The topological polar surface area (TPSA) is 80.7 Å². The zero-order valence-electron chi connectivity index (χ0n) is 15.5. The number of anilines is 1. The van der Waals surface area contributed by atoms with Crippen LogP contribution in [-0.4, -0.2) is 10.8 Å². The first-order valence-corrected chi connectivity index (χ1v) is 9.63. The van der Waals surface area contributed by atoms with Gasteiger partial charge in [-0.2, -0.15) is 0 Å². The molecule has 4 rings (SSSR count). The van der Waals surface area contributed by atoms with Crippen LogP contribution >= 0.6 is 11.3 Å². The molecule has 28 heavy (non-hydrogen) atoms. The summed E-state index contributed by atoms with van der Waals surface area (Å²) in [5.41, 5.74) is 10.6. The second-order valence-electron chi connectivity index (χ2n) is 6.41. The smallest absolute Gasteiger partial charge is 0.163 e. The minimum Gasteiger partial charge on any atom is -0.397 e. The third kappa shape index (κ3) is 3.18. The maximum absolute atomic E-state index is 12.1. The van der Waals surface area contributed by atoms with Crippen LogP contribution < -0.4 is 5.73 Å². The Kier molecular flexibility index (Phi) is 4.71. The molecule has 2 aromatic carbocycles. The Morgan fingerprint density at radius 1 is 1.00 bits per heavy atom. The van der Waals surface area contributed by atoms with Crippen molar-refractivity contribution in [1.29, 1.82) is 0 Å². The number of rotatable bonds is 4. The molecule has 0 saturated carbocycles. The van der Waals surface area contributed by atoms with Gasteiger partial charge in [-0.3, -0.25) is 4.79 Å². The van der Waals surface area contributed by atoms with Gasteiger partial charge in [0.2, 0.25) is 0 Å². The Balaban J connectivity index is 2.01. The number of nitrogens with two attached hydrogens (primary N) is 1. The van der Waals surface area contributed by atoms with Gasteiger partial charge in [0.05, 0.1) is 22.6 Å². The lowest BCUT2D eigenvalue weighted by molar-refractivity contribution is 0.101. The molecule has 0 atom stereocenters. The van der Waals surface area contributed by atoms with Crippen LogP contribution in [0.15, 0.2) is 70.9 Å². The van der Waals surface area contributed by atoms with Crippen molar-refractivity contribution in [1.82, 2.24) is 4.98 Å². The molecule has 5 nitrogen and oxygen atoms in total. The Morgan fingerprint density at radius 2 is 1.64 bits per heavy atom. The van der Waals surface area contributed by atoms with Gasteiger partial charge in [0, 0.05) is 10.9 Å². The van der Waals surface area contributed by atoms with E-state index in [4.69, 9.17) is 5.73 Å². The second kappa shape index (κ2) is 7.32. The van der Waals surface area contributed by atoms with E-state index in [2.05, 4.69) is 15.2 Å². The number of nitrogen functional groups attached to an aromatic ring is 1. The van der Waals surface area contributed by atoms with Crippen molar-refractivity contribution in [2.24, 2.45) is 10.2 Å². The van der Waals surface area contributed by atoms with Crippen LogP contribution in [0.4, 0.5) is 16.4 Å². The molecule has 0 unspecified atom stereocenters. The van der Waals surface area contributed by atoms with Crippen molar-refractivity contribution in [3.63, 3.8) is 0 Å². The lowest BCUT2D eigenvalue weighted by atomic mass is 10.00. The summed E-state index contributed by atoms with van der Waals surface area (Å²) in [4.78, 5) is 17.5. The molecule has 138 valence electrons. The second-order valence-corrected chi connectivity index (χ2v) is 7.38. The number of aryl methyl sites for hydroxylation is 1. The molecule has 2 heterocycles. The molecule has 2 N–H and O–H groups in total. The third-order valence-electron chi connectivity index (χ3n) is 4.47. The van der Waals surface area contributed by atoms with E-state index in [1.807, 2.05) is 60.7 Å². The molecule has 0 aliphatic rings. The van der Waals surface area contributed by atoms with Crippen LogP contribution in [0.25, 0.3) is 21.3 Å². The fourth-order valence-electron chi connectivity index (χ4n) is 3.25. The molecule has 0 saturated heterocycles. The fraction of sp³-hybridized carbons (Fsp3) is 0.0909. The van der Waals surface area contributed by atoms with E-state index in [0.29, 0.717) is 21.9 Å². The Bertz CT molecular complexity index is 1200. The van der Waals surface area contributed by atoms with Gasteiger partial charge in [0.15, 0.2) is 5.78 Å². The van der Waals surface area contributed by atoms with Crippen molar-refractivity contribution in [2.75, 3.05) is 5.73 Å². The van der Waals surface area contributed by atoms with Gasteiger partial charge in [-0.15, -0.1) is 10.2 Å². The third-order valence-corrected chi connectivity index (χ3v) is 5.44. The summed E-state index contributed by atoms with van der Waals surface area (Å²) < 4.78 is 0. The summed E-state index contributed by atoms with van der Waals surface area (Å²) >= 11 is 1.42. The molecule has 0 bridgehead atoms. The first-order valence-electron chi connectivity index (χ1n) is 8.82. The lowest BCUT2D eigenvalue weighted by Crippen LogP contribution is -2.05.